The molecule has 0 saturated heterocycles. The average molecular weight is 275 g/mol. The summed E-state index contributed by atoms with van der Waals surface area (Å²) in [4.78, 5) is 0. The van der Waals surface area contributed by atoms with E-state index < -0.39 is 0 Å². The van der Waals surface area contributed by atoms with Gasteiger partial charge in [0, 0.05) is 11.5 Å². The first-order chi connectivity index (χ1) is 9.54. The Morgan fingerprint density at radius 3 is 2.45 bits per heavy atom. The Balaban J connectivity index is 2.23. The summed E-state index contributed by atoms with van der Waals surface area (Å²) in [6.45, 7) is 7.37. The summed E-state index contributed by atoms with van der Waals surface area (Å²) in [6.07, 6.45) is 4.36. The van der Waals surface area contributed by atoms with Crippen molar-refractivity contribution in [2.24, 2.45) is 0 Å². The Morgan fingerprint density at radius 1 is 1.20 bits per heavy atom. The molecule has 0 aliphatic heterocycles. The Hall–Kier alpha value is -1.61. The second kappa shape index (κ2) is 6.23. The zero-order chi connectivity index (χ0) is 14.6. The van der Waals surface area contributed by atoms with Crippen LogP contribution in [0.3, 0.4) is 0 Å². The molecule has 1 aromatic heterocycles. The van der Waals surface area contributed by atoms with Crippen molar-refractivity contribution in [1.82, 2.24) is 5.32 Å². The number of hydrogen-bond donors (Lipinski definition) is 1. The molecule has 2 nitrogen and oxygen atoms in total. The van der Waals surface area contributed by atoms with E-state index in [1.807, 2.05) is 18.2 Å². The number of benzene rings is 1. The maximum Gasteiger partial charge on any atom is 0.123 e. The van der Waals surface area contributed by atoms with Gasteiger partial charge in [0.1, 0.15) is 5.82 Å². The molecule has 1 aromatic carbocycles. The van der Waals surface area contributed by atoms with Crippen molar-refractivity contribution in [2.75, 3.05) is 6.54 Å². The molecule has 3 heteroatoms. The largest absolute Gasteiger partial charge is 0.472 e. The lowest BCUT2D eigenvalue weighted by Gasteiger charge is -2.35. The summed E-state index contributed by atoms with van der Waals surface area (Å²) in [7, 11) is 0. The van der Waals surface area contributed by atoms with Crippen molar-refractivity contribution in [3.63, 3.8) is 0 Å². The van der Waals surface area contributed by atoms with Gasteiger partial charge in [-0.05, 0) is 42.3 Å². The number of likely N-dealkylation sites (N-methyl/N-ethyl adjacent to an activating group) is 1. The van der Waals surface area contributed by atoms with Crippen LogP contribution in [-0.4, -0.2) is 12.6 Å². The molecule has 0 aliphatic rings. The summed E-state index contributed by atoms with van der Waals surface area (Å²) >= 11 is 0. The van der Waals surface area contributed by atoms with Gasteiger partial charge in [-0.3, -0.25) is 0 Å². The van der Waals surface area contributed by atoms with Crippen LogP contribution in [0.5, 0.6) is 0 Å². The van der Waals surface area contributed by atoms with Crippen LogP contribution < -0.4 is 5.32 Å². The SMILES string of the molecule is CCNC(Cc1ccoc1)C(C)(C)c1ccc(F)cc1. The predicted octanol–water partition coefficient (Wildman–Crippen LogP) is 3.92. The van der Waals surface area contributed by atoms with E-state index in [9.17, 15) is 4.39 Å². The molecule has 2 aromatic rings. The first-order valence-corrected chi connectivity index (χ1v) is 7.04. The number of nitrogens with one attached hydrogen (secondary N) is 1. The third-order valence-electron chi connectivity index (χ3n) is 3.93. The van der Waals surface area contributed by atoms with Crippen molar-refractivity contribution in [2.45, 2.75) is 38.6 Å². The van der Waals surface area contributed by atoms with E-state index in [2.05, 4.69) is 26.1 Å². The lowest BCUT2D eigenvalue weighted by atomic mass is 9.75. The van der Waals surface area contributed by atoms with Crippen LogP contribution in [0.4, 0.5) is 4.39 Å². The molecule has 1 unspecified atom stereocenters. The first-order valence-electron chi connectivity index (χ1n) is 7.04. The Morgan fingerprint density at radius 2 is 1.90 bits per heavy atom. The van der Waals surface area contributed by atoms with Crippen LogP contribution >= 0.6 is 0 Å². The normalized spacial score (nSPS) is 13.4. The van der Waals surface area contributed by atoms with Crippen molar-refractivity contribution in [3.05, 3.63) is 59.8 Å². The Labute approximate surface area is 120 Å². The molecule has 0 spiro atoms. The number of halogens is 1. The van der Waals surface area contributed by atoms with E-state index in [1.54, 1.807) is 12.5 Å². The molecule has 1 atom stereocenters. The fraction of sp³-hybridized carbons (Fsp3) is 0.412. The van der Waals surface area contributed by atoms with Gasteiger partial charge >= 0.3 is 0 Å². The molecule has 0 aliphatic carbocycles. The maximum atomic E-state index is 13.1. The summed E-state index contributed by atoms with van der Waals surface area (Å²) in [5.74, 6) is -0.195. The molecule has 2 rings (SSSR count). The van der Waals surface area contributed by atoms with Gasteiger partial charge in [-0.25, -0.2) is 4.39 Å². The predicted molar refractivity (Wildman–Crippen MR) is 79.3 cm³/mol. The second-order valence-corrected chi connectivity index (χ2v) is 5.67. The summed E-state index contributed by atoms with van der Waals surface area (Å²) in [5.41, 5.74) is 2.21. The molecule has 20 heavy (non-hydrogen) atoms. The molecule has 1 N–H and O–H groups in total. The zero-order valence-electron chi connectivity index (χ0n) is 12.3. The minimum Gasteiger partial charge on any atom is -0.472 e. The van der Waals surface area contributed by atoms with Crippen LogP contribution in [0, 0.1) is 5.82 Å². The number of rotatable bonds is 6. The van der Waals surface area contributed by atoms with Crippen molar-refractivity contribution < 1.29 is 8.81 Å². The summed E-state index contributed by atoms with van der Waals surface area (Å²) in [5, 5.41) is 3.54. The minimum atomic E-state index is -0.195. The summed E-state index contributed by atoms with van der Waals surface area (Å²) < 4.78 is 18.3. The number of hydrogen-bond acceptors (Lipinski definition) is 2. The van der Waals surface area contributed by atoms with Crippen LogP contribution in [0.1, 0.15) is 31.9 Å². The first kappa shape index (κ1) is 14.8. The van der Waals surface area contributed by atoms with Gasteiger partial charge < -0.3 is 9.73 Å². The molecular formula is C17H22FNO. The van der Waals surface area contributed by atoms with Crippen LogP contribution in [-0.2, 0) is 11.8 Å². The third kappa shape index (κ3) is 3.28. The molecule has 0 amide bonds. The Bertz CT molecular complexity index is 516. The van der Waals surface area contributed by atoms with Crippen LogP contribution in [0.15, 0.2) is 47.3 Å². The molecule has 0 bridgehead atoms. The highest BCUT2D eigenvalue weighted by atomic mass is 19.1. The topological polar surface area (TPSA) is 25.2 Å². The van der Waals surface area contributed by atoms with Crippen LogP contribution in [0.25, 0.3) is 0 Å². The standard InChI is InChI=1S/C17H22FNO/c1-4-19-16(11-13-9-10-20-12-13)17(2,3)14-5-7-15(18)8-6-14/h5-10,12,16,19H,4,11H2,1-3H3. The maximum absolute atomic E-state index is 13.1. The monoisotopic (exact) mass is 275 g/mol. The van der Waals surface area contributed by atoms with Gasteiger partial charge in [0.15, 0.2) is 0 Å². The summed E-state index contributed by atoms with van der Waals surface area (Å²) in [6, 6.07) is 9.04. The zero-order valence-corrected chi connectivity index (χ0v) is 12.3. The fourth-order valence-electron chi connectivity index (χ4n) is 2.55. The molecule has 0 fully saturated rings. The molecule has 1 heterocycles. The van der Waals surface area contributed by atoms with Gasteiger partial charge in [0.25, 0.3) is 0 Å². The minimum absolute atomic E-state index is 0.0962. The van der Waals surface area contributed by atoms with Gasteiger partial charge in [-0.15, -0.1) is 0 Å². The van der Waals surface area contributed by atoms with Gasteiger partial charge in [0.05, 0.1) is 12.5 Å². The molecule has 0 saturated carbocycles. The highest BCUT2D eigenvalue weighted by molar-refractivity contribution is 5.27. The lowest BCUT2D eigenvalue weighted by Crippen LogP contribution is -2.46. The van der Waals surface area contributed by atoms with Crippen molar-refractivity contribution in [1.29, 1.82) is 0 Å². The lowest BCUT2D eigenvalue weighted by molar-refractivity contribution is 0.342. The van der Waals surface area contributed by atoms with E-state index in [1.165, 1.54) is 17.7 Å². The van der Waals surface area contributed by atoms with E-state index in [4.69, 9.17) is 4.42 Å². The highest BCUT2D eigenvalue weighted by Crippen LogP contribution is 2.29. The van der Waals surface area contributed by atoms with Crippen molar-refractivity contribution >= 4 is 0 Å². The number of furan rings is 1. The molecule has 108 valence electrons. The van der Waals surface area contributed by atoms with E-state index >= 15 is 0 Å². The van der Waals surface area contributed by atoms with Gasteiger partial charge in [-0.1, -0.05) is 32.9 Å². The van der Waals surface area contributed by atoms with Gasteiger partial charge in [-0.2, -0.15) is 0 Å². The van der Waals surface area contributed by atoms with Gasteiger partial charge in [0.2, 0.25) is 0 Å². The highest BCUT2D eigenvalue weighted by Gasteiger charge is 2.31. The fourth-order valence-corrected chi connectivity index (χ4v) is 2.55. The van der Waals surface area contributed by atoms with E-state index in [0.717, 1.165) is 18.5 Å². The molecule has 0 radical (unpaired) electrons. The van der Waals surface area contributed by atoms with E-state index in [-0.39, 0.29) is 17.3 Å². The quantitative estimate of drug-likeness (QED) is 0.864. The smallest absolute Gasteiger partial charge is 0.123 e. The third-order valence-corrected chi connectivity index (χ3v) is 3.93. The average Bonchev–Trinajstić information content (AvgIpc) is 2.92. The van der Waals surface area contributed by atoms with E-state index in [0.29, 0.717) is 0 Å². The van der Waals surface area contributed by atoms with Crippen molar-refractivity contribution in [3.8, 4) is 0 Å². The molecular weight excluding hydrogens is 253 g/mol. The van der Waals surface area contributed by atoms with Crippen LogP contribution in [0.2, 0.25) is 0 Å². The second-order valence-electron chi connectivity index (χ2n) is 5.67. The Kier molecular flexibility index (Phi) is 4.61.